The molecule has 0 saturated carbocycles. The lowest BCUT2D eigenvalue weighted by molar-refractivity contribution is 0.0942. The van der Waals surface area contributed by atoms with Crippen molar-refractivity contribution in [2.24, 2.45) is 7.05 Å². The Balaban J connectivity index is 1.34. The Morgan fingerprint density at radius 2 is 2.00 bits per heavy atom. The summed E-state index contributed by atoms with van der Waals surface area (Å²) in [5, 5.41) is 10.9. The van der Waals surface area contributed by atoms with Gasteiger partial charge in [-0.05, 0) is 37.1 Å². The van der Waals surface area contributed by atoms with Gasteiger partial charge < -0.3 is 9.84 Å². The molecule has 28 heavy (non-hydrogen) atoms. The number of aryl methyl sites for hydroxylation is 1. The predicted molar refractivity (Wildman–Crippen MR) is 105 cm³/mol. The molecule has 1 saturated heterocycles. The molecule has 7 nitrogen and oxygen atoms in total. The minimum absolute atomic E-state index is 0.250. The molecule has 1 N–H and O–H groups in total. The Morgan fingerprint density at radius 3 is 2.79 bits per heavy atom. The normalized spacial score (nSPS) is 14.9. The second kappa shape index (κ2) is 8.39. The lowest BCUT2D eigenvalue weighted by atomic mass is 10.1. The van der Waals surface area contributed by atoms with Crippen molar-refractivity contribution >= 4 is 5.91 Å². The molecule has 1 fully saturated rings. The second-order valence-corrected chi connectivity index (χ2v) is 7.32. The highest BCUT2D eigenvalue weighted by atomic mass is 16.5. The van der Waals surface area contributed by atoms with E-state index in [0.29, 0.717) is 12.3 Å². The molecule has 1 aliphatic heterocycles. The SMILES string of the molecule is Cn1cc(-c2cc(C(=O)NCc3cccc(CN4CCCCC4)c3)no2)cn1. The largest absolute Gasteiger partial charge is 0.355 e. The highest BCUT2D eigenvalue weighted by Crippen LogP contribution is 2.19. The summed E-state index contributed by atoms with van der Waals surface area (Å²) < 4.78 is 6.95. The van der Waals surface area contributed by atoms with Crippen LogP contribution in [0.1, 0.15) is 40.9 Å². The molecule has 3 aromatic rings. The van der Waals surface area contributed by atoms with E-state index in [1.54, 1.807) is 16.9 Å². The van der Waals surface area contributed by atoms with Gasteiger partial charge in [0.05, 0.1) is 11.8 Å². The van der Waals surface area contributed by atoms with Gasteiger partial charge in [0.2, 0.25) is 0 Å². The Kier molecular flexibility index (Phi) is 5.53. The Labute approximate surface area is 164 Å². The molecular weight excluding hydrogens is 354 g/mol. The van der Waals surface area contributed by atoms with Gasteiger partial charge in [-0.25, -0.2) is 0 Å². The highest BCUT2D eigenvalue weighted by Gasteiger charge is 2.15. The maximum Gasteiger partial charge on any atom is 0.273 e. The first kappa shape index (κ1) is 18.4. The first-order chi connectivity index (χ1) is 13.7. The van der Waals surface area contributed by atoms with Crippen LogP contribution in [0.2, 0.25) is 0 Å². The van der Waals surface area contributed by atoms with E-state index in [1.807, 2.05) is 19.3 Å². The van der Waals surface area contributed by atoms with Gasteiger partial charge >= 0.3 is 0 Å². The first-order valence-corrected chi connectivity index (χ1v) is 9.71. The number of carbonyl (C=O) groups excluding carboxylic acids is 1. The van der Waals surface area contributed by atoms with Gasteiger partial charge in [-0.15, -0.1) is 0 Å². The van der Waals surface area contributed by atoms with Crippen molar-refractivity contribution in [3.63, 3.8) is 0 Å². The zero-order valence-electron chi connectivity index (χ0n) is 16.1. The topological polar surface area (TPSA) is 76.2 Å². The van der Waals surface area contributed by atoms with Gasteiger partial charge in [0.1, 0.15) is 0 Å². The summed E-state index contributed by atoms with van der Waals surface area (Å²) in [7, 11) is 1.83. The maximum absolute atomic E-state index is 12.4. The number of hydrogen-bond acceptors (Lipinski definition) is 5. The van der Waals surface area contributed by atoms with Crippen molar-refractivity contribution in [2.45, 2.75) is 32.4 Å². The van der Waals surface area contributed by atoms with Crippen LogP contribution >= 0.6 is 0 Å². The number of nitrogens with one attached hydrogen (secondary N) is 1. The molecule has 3 heterocycles. The number of amides is 1. The number of likely N-dealkylation sites (tertiary alicyclic amines) is 1. The van der Waals surface area contributed by atoms with E-state index in [-0.39, 0.29) is 11.6 Å². The van der Waals surface area contributed by atoms with Crippen molar-refractivity contribution < 1.29 is 9.32 Å². The third-order valence-electron chi connectivity index (χ3n) is 5.03. The molecule has 0 radical (unpaired) electrons. The first-order valence-electron chi connectivity index (χ1n) is 9.71. The van der Waals surface area contributed by atoms with E-state index in [4.69, 9.17) is 4.52 Å². The molecule has 1 aromatic carbocycles. The molecule has 0 unspecified atom stereocenters. The van der Waals surface area contributed by atoms with E-state index in [2.05, 4.69) is 38.7 Å². The van der Waals surface area contributed by atoms with Crippen LogP contribution in [0.5, 0.6) is 0 Å². The average Bonchev–Trinajstić information content (AvgIpc) is 3.36. The third-order valence-corrected chi connectivity index (χ3v) is 5.03. The zero-order valence-corrected chi connectivity index (χ0v) is 16.1. The molecule has 2 aromatic heterocycles. The number of hydrogen-bond donors (Lipinski definition) is 1. The molecule has 0 aliphatic carbocycles. The van der Waals surface area contributed by atoms with Crippen LogP contribution < -0.4 is 5.32 Å². The van der Waals surface area contributed by atoms with Gasteiger partial charge in [-0.1, -0.05) is 35.8 Å². The molecule has 0 bridgehead atoms. The molecule has 1 aliphatic rings. The fourth-order valence-corrected chi connectivity index (χ4v) is 3.55. The van der Waals surface area contributed by atoms with Crippen LogP contribution in [-0.2, 0) is 20.1 Å². The van der Waals surface area contributed by atoms with Crippen molar-refractivity contribution in [3.05, 3.63) is 59.5 Å². The fraction of sp³-hybridized carbons (Fsp3) is 0.381. The Bertz CT molecular complexity index is 940. The third kappa shape index (κ3) is 4.48. The number of nitrogens with zero attached hydrogens (tertiary/aromatic N) is 4. The van der Waals surface area contributed by atoms with Gasteiger partial charge in [0, 0.05) is 32.4 Å². The minimum atomic E-state index is -0.250. The van der Waals surface area contributed by atoms with Crippen molar-refractivity contribution in [2.75, 3.05) is 13.1 Å². The summed E-state index contributed by atoms with van der Waals surface area (Å²) in [6, 6.07) is 10.0. The molecule has 1 amide bonds. The summed E-state index contributed by atoms with van der Waals surface area (Å²) >= 11 is 0. The summed E-state index contributed by atoms with van der Waals surface area (Å²) in [6.45, 7) is 3.78. The van der Waals surface area contributed by atoms with Crippen LogP contribution in [0.4, 0.5) is 0 Å². The quantitative estimate of drug-likeness (QED) is 0.713. The monoisotopic (exact) mass is 379 g/mol. The summed E-state index contributed by atoms with van der Waals surface area (Å²) in [4.78, 5) is 14.9. The molecule has 4 rings (SSSR count). The summed E-state index contributed by atoms with van der Waals surface area (Å²) in [5.41, 5.74) is 3.43. The van der Waals surface area contributed by atoms with E-state index < -0.39 is 0 Å². The number of aromatic nitrogens is 3. The summed E-state index contributed by atoms with van der Waals surface area (Å²) in [5.74, 6) is 0.280. The van der Waals surface area contributed by atoms with Gasteiger partial charge in [0.25, 0.3) is 5.91 Å². The fourth-order valence-electron chi connectivity index (χ4n) is 3.55. The van der Waals surface area contributed by atoms with Crippen molar-refractivity contribution in [1.82, 2.24) is 25.2 Å². The van der Waals surface area contributed by atoms with Crippen LogP contribution in [0, 0.1) is 0 Å². The molecule has 146 valence electrons. The second-order valence-electron chi connectivity index (χ2n) is 7.32. The molecular formula is C21H25N5O2. The van der Waals surface area contributed by atoms with E-state index >= 15 is 0 Å². The van der Waals surface area contributed by atoms with Gasteiger partial charge in [-0.3, -0.25) is 14.4 Å². The van der Waals surface area contributed by atoms with Crippen LogP contribution in [0.25, 0.3) is 11.3 Å². The average molecular weight is 379 g/mol. The smallest absolute Gasteiger partial charge is 0.273 e. The lowest BCUT2D eigenvalue weighted by Gasteiger charge is -2.26. The van der Waals surface area contributed by atoms with Gasteiger partial charge in [0.15, 0.2) is 11.5 Å². The van der Waals surface area contributed by atoms with E-state index in [9.17, 15) is 4.79 Å². The predicted octanol–water partition coefficient (Wildman–Crippen LogP) is 2.99. The van der Waals surface area contributed by atoms with Crippen LogP contribution in [-0.4, -0.2) is 38.8 Å². The lowest BCUT2D eigenvalue weighted by Crippen LogP contribution is -2.29. The minimum Gasteiger partial charge on any atom is -0.355 e. The number of carbonyl (C=O) groups is 1. The molecule has 0 atom stereocenters. The Morgan fingerprint density at radius 1 is 1.18 bits per heavy atom. The summed E-state index contributed by atoms with van der Waals surface area (Å²) in [6.07, 6.45) is 7.40. The standard InChI is InChI=1S/C21H25N5O2/c1-25-15-18(13-23-25)20-11-19(24-28-20)21(27)22-12-16-6-5-7-17(10-16)14-26-8-3-2-4-9-26/h5-7,10-11,13,15H,2-4,8-9,12,14H2,1H3,(H,22,27). The van der Waals surface area contributed by atoms with Gasteiger partial charge in [-0.2, -0.15) is 5.10 Å². The highest BCUT2D eigenvalue weighted by molar-refractivity contribution is 5.93. The molecule has 0 spiro atoms. The van der Waals surface area contributed by atoms with Crippen molar-refractivity contribution in [1.29, 1.82) is 0 Å². The maximum atomic E-state index is 12.4. The number of piperidine rings is 1. The number of benzene rings is 1. The number of rotatable bonds is 6. The van der Waals surface area contributed by atoms with Crippen LogP contribution in [0.3, 0.4) is 0 Å². The van der Waals surface area contributed by atoms with Crippen molar-refractivity contribution in [3.8, 4) is 11.3 Å². The molecule has 7 heteroatoms. The zero-order chi connectivity index (χ0) is 19.3. The van der Waals surface area contributed by atoms with E-state index in [0.717, 1.165) is 17.7 Å². The van der Waals surface area contributed by atoms with Crippen LogP contribution in [0.15, 0.2) is 47.2 Å². The Hall–Kier alpha value is -2.93. The van der Waals surface area contributed by atoms with E-state index in [1.165, 1.54) is 37.9 Å².